The van der Waals surface area contributed by atoms with E-state index in [4.69, 9.17) is 4.74 Å². The smallest absolute Gasteiger partial charge is 0.283 e. The topological polar surface area (TPSA) is 61.4 Å². The second-order valence-corrected chi connectivity index (χ2v) is 7.46. The van der Waals surface area contributed by atoms with Crippen molar-refractivity contribution in [2.75, 3.05) is 13.7 Å². The summed E-state index contributed by atoms with van der Waals surface area (Å²) in [6.07, 6.45) is 1.53. The third-order valence-electron chi connectivity index (χ3n) is 4.60. The number of hydrogen-bond acceptors (Lipinski definition) is 4. The quantitative estimate of drug-likeness (QED) is 0.504. The molecule has 4 aromatic rings. The molecule has 0 saturated carbocycles. The minimum absolute atomic E-state index is 0.324. The van der Waals surface area contributed by atoms with Crippen LogP contribution >= 0.6 is 11.3 Å². The molecular formula is C21H19FN4O2S. The summed E-state index contributed by atoms with van der Waals surface area (Å²) in [6, 6.07) is 14.1. The molecule has 6 nitrogen and oxygen atoms in total. The predicted octanol–water partition coefficient (Wildman–Crippen LogP) is 3.72. The van der Waals surface area contributed by atoms with Gasteiger partial charge in [0.25, 0.3) is 5.91 Å². The summed E-state index contributed by atoms with van der Waals surface area (Å²) in [5.41, 5.74) is 2.82. The molecule has 0 aliphatic heterocycles. The van der Waals surface area contributed by atoms with Crippen LogP contribution in [-0.2, 0) is 11.3 Å². The first-order valence-corrected chi connectivity index (χ1v) is 9.87. The lowest BCUT2D eigenvalue weighted by atomic mass is 10.2. The van der Waals surface area contributed by atoms with E-state index in [2.05, 4.69) is 10.1 Å². The largest absolute Gasteiger partial charge is 0.383 e. The molecule has 0 fully saturated rings. The van der Waals surface area contributed by atoms with Gasteiger partial charge in [-0.3, -0.25) is 4.79 Å². The molecule has 4 rings (SSSR count). The van der Waals surface area contributed by atoms with Gasteiger partial charge in [-0.2, -0.15) is 10.1 Å². The highest BCUT2D eigenvalue weighted by molar-refractivity contribution is 7.16. The second kappa shape index (κ2) is 8.10. The number of ether oxygens (including phenoxy) is 1. The van der Waals surface area contributed by atoms with Crippen LogP contribution in [0.1, 0.15) is 16.1 Å². The molecule has 1 amide bonds. The normalized spacial score (nSPS) is 12.0. The highest BCUT2D eigenvalue weighted by atomic mass is 32.1. The van der Waals surface area contributed by atoms with Crippen molar-refractivity contribution in [1.29, 1.82) is 0 Å². The molecule has 0 radical (unpaired) electrons. The van der Waals surface area contributed by atoms with Crippen molar-refractivity contribution in [3.8, 4) is 5.69 Å². The average molecular weight is 410 g/mol. The Labute approximate surface area is 170 Å². The van der Waals surface area contributed by atoms with E-state index in [9.17, 15) is 9.18 Å². The first-order chi connectivity index (χ1) is 14.1. The summed E-state index contributed by atoms with van der Waals surface area (Å²) in [5, 5.41) is 4.34. The minimum Gasteiger partial charge on any atom is -0.383 e. The Morgan fingerprint density at radius 2 is 2.03 bits per heavy atom. The number of benzene rings is 2. The maximum Gasteiger partial charge on any atom is 0.283 e. The summed E-state index contributed by atoms with van der Waals surface area (Å²) in [7, 11) is 1.61. The van der Waals surface area contributed by atoms with E-state index in [1.54, 1.807) is 17.9 Å². The molecule has 0 aliphatic rings. The fourth-order valence-corrected chi connectivity index (χ4v) is 4.21. The Hall–Kier alpha value is -3.10. The Bertz CT molecular complexity index is 1240. The van der Waals surface area contributed by atoms with Crippen molar-refractivity contribution in [3.05, 3.63) is 76.6 Å². The van der Waals surface area contributed by atoms with Crippen molar-refractivity contribution >= 4 is 27.5 Å². The van der Waals surface area contributed by atoms with Crippen LogP contribution in [0.15, 0.2) is 59.7 Å². The molecule has 0 saturated heterocycles. The summed E-state index contributed by atoms with van der Waals surface area (Å²) < 4.78 is 23.1. The number of nitrogens with zero attached hydrogens (tertiary/aromatic N) is 4. The molecule has 0 bridgehead atoms. The average Bonchev–Trinajstić information content (AvgIpc) is 3.26. The van der Waals surface area contributed by atoms with Gasteiger partial charge >= 0.3 is 0 Å². The molecule has 0 spiro atoms. The number of fused-ring (bicyclic) bond motifs is 1. The predicted molar refractivity (Wildman–Crippen MR) is 110 cm³/mol. The van der Waals surface area contributed by atoms with Gasteiger partial charge in [-0.1, -0.05) is 29.5 Å². The molecule has 2 aromatic heterocycles. The maximum absolute atomic E-state index is 13.6. The van der Waals surface area contributed by atoms with Crippen molar-refractivity contribution in [1.82, 2.24) is 14.3 Å². The van der Waals surface area contributed by atoms with Crippen LogP contribution in [0.3, 0.4) is 0 Å². The number of para-hydroxylation sites is 1. The van der Waals surface area contributed by atoms with Crippen molar-refractivity contribution in [2.45, 2.75) is 13.5 Å². The zero-order valence-corrected chi connectivity index (χ0v) is 16.8. The molecule has 29 heavy (non-hydrogen) atoms. The first-order valence-electron chi connectivity index (χ1n) is 9.05. The maximum atomic E-state index is 13.6. The molecule has 8 heteroatoms. The highest BCUT2D eigenvalue weighted by Crippen LogP contribution is 2.19. The van der Waals surface area contributed by atoms with Crippen LogP contribution in [0.5, 0.6) is 0 Å². The summed E-state index contributed by atoms with van der Waals surface area (Å²) in [6.45, 7) is 2.80. The van der Waals surface area contributed by atoms with Gasteiger partial charge in [-0.05, 0) is 37.3 Å². The molecule has 0 atom stereocenters. The number of carbonyl (C=O) groups excluding carboxylic acids is 1. The summed E-state index contributed by atoms with van der Waals surface area (Å²) in [4.78, 5) is 17.7. The first kappa shape index (κ1) is 19.2. The molecule has 0 unspecified atom stereocenters. The number of thiazole rings is 1. The fraction of sp³-hybridized carbons (Fsp3) is 0.190. The number of methoxy groups -OCH3 is 1. The van der Waals surface area contributed by atoms with Gasteiger partial charge in [-0.15, -0.1) is 0 Å². The van der Waals surface area contributed by atoms with Gasteiger partial charge in [0, 0.05) is 13.7 Å². The number of aromatic nitrogens is 3. The lowest BCUT2D eigenvalue weighted by Crippen LogP contribution is -2.19. The van der Waals surface area contributed by atoms with Crippen molar-refractivity contribution < 1.29 is 13.9 Å². The van der Waals surface area contributed by atoms with Crippen LogP contribution in [0.25, 0.3) is 15.9 Å². The van der Waals surface area contributed by atoms with Gasteiger partial charge in [0.1, 0.15) is 5.82 Å². The Kier molecular flexibility index (Phi) is 5.37. The zero-order valence-electron chi connectivity index (χ0n) is 16.0. The van der Waals surface area contributed by atoms with E-state index in [0.29, 0.717) is 29.2 Å². The van der Waals surface area contributed by atoms with E-state index in [1.807, 2.05) is 41.8 Å². The summed E-state index contributed by atoms with van der Waals surface area (Å²) >= 11 is 1.27. The third kappa shape index (κ3) is 3.76. The fourth-order valence-electron chi connectivity index (χ4n) is 3.13. The number of rotatable bonds is 5. The SMILES string of the molecule is COCCn1c(=NC(=O)c2cnn(-c3ccccc3)c2C)sc2cc(F)ccc21. The molecule has 2 aromatic carbocycles. The van der Waals surface area contributed by atoms with E-state index in [1.165, 1.54) is 29.7 Å². The van der Waals surface area contributed by atoms with E-state index < -0.39 is 0 Å². The monoisotopic (exact) mass is 410 g/mol. The third-order valence-corrected chi connectivity index (χ3v) is 5.64. The van der Waals surface area contributed by atoms with Crippen molar-refractivity contribution in [2.24, 2.45) is 4.99 Å². The Morgan fingerprint density at radius 1 is 1.24 bits per heavy atom. The van der Waals surface area contributed by atoms with Gasteiger partial charge in [-0.25, -0.2) is 9.07 Å². The minimum atomic E-state index is -0.386. The van der Waals surface area contributed by atoms with Crippen LogP contribution in [0.2, 0.25) is 0 Å². The van der Waals surface area contributed by atoms with Crippen LogP contribution in [0.4, 0.5) is 4.39 Å². The highest BCUT2D eigenvalue weighted by Gasteiger charge is 2.16. The molecule has 148 valence electrons. The van der Waals surface area contributed by atoms with Gasteiger partial charge < -0.3 is 9.30 Å². The van der Waals surface area contributed by atoms with Gasteiger partial charge in [0.2, 0.25) is 0 Å². The summed E-state index contributed by atoms with van der Waals surface area (Å²) in [5.74, 6) is -0.710. The molecular weight excluding hydrogens is 391 g/mol. The van der Waals surface area contributed by atoms with E-state index in [-0.39, 0.29) is 11.7 Å². The van der Waals surface area contributed by atoms with E-state index >= 15 is 0 Å². The molecule has 0 N–H and O–H groups in total. The number of halogens is 1. The molecule has 2 heterocycles. The molecule has 0 aliphatic carbocycles. The number of hydrogen-bond donors (Lipinski definition) is 0. The number of amides is 1. The Balaban J connectivity index is 1.77. The van der Waals surface area contributed by atoms with Crippen molar-refractivity contribution in [3.63, 3.8) is 0 Å². The van der Waals surface area contributed by atoms with Crippen LogP contribution in [0, 0.1) is 12.7 Å². The van der Waals surface area contributed by atoms with Crippen LogP contribution in [-0.4, -0.2) is 34.0 Å². The lowest BCUT2D eigenvalue weighted by molar-refractivity contribution is 0.0996. The Morgan fingerprint density at radius 3 is 2.79 bits per heavy atom. The van der Waals surface area contributed by atoms with Gasteiger partial charge in [0.05, 0.1) is 40.0 Å². The van der Waals surface area contributed by atoms with E-state index in [0.717, 1.165) is 15.9 Å². The second-order valence-electron chi connectivity index (χ2n) is 6.45. The van der Waals surface area contributed by atoms with Gasteiger partial charge in [0.15, 0.2) is 4.80 Å². The lowest BCUT2D eigenvalue weighted by Gasteiger charge is -2.05. The van der Waals surface area contributed by atoms with Crippen LogP contribution < -0.4 is 4.80 Å². The zero-order chi connectivity index (χ0) is 20.4. The number of carbonyl (C=O) groups is 1. The standard InChI is InChI=1S/C21H19FN4O2S/c1-14-17(13-23-26(14)16-6-4-3-5-7-16)20(27)24-21-25(10-11-28-2)18-9-8-15(22)12-19(18)29-21/h3-9,12-13H,10-11H2,1-2H3.